The summed E-state index contributed by atoms with van der Waals surface area (Å²) in [4.78, 5) is 40.7. The maximum atomic E-state index is 12.8. The molecule has 1 atom stereocenters. The van der Waals surface area contributed by atoms with Gasteiger partial charge in [0.15, 0.2) is 0 Å². The standard InChI is InChI=1S/C18H26N2O5/c1-12(2)7-14-8-13(9-15(21)19-14)16(22)20-6-4-5-18(10-20,11-25-3)17(23)24/h8-9,12H,4-7,10-11H2,1-3H3,(H,19,21)(H,23,24). The van der Waals surface area contributed by atoms with E-state index in [1.54, 1.807) is 6.07 Å². The number of nitrogens with zero attached hydrogens (tertiary/aromatic N) is 1. The van der Waals surface area contributed by atoms with Crippen LogP contribution in [-0.2, 0) is 16.0 Å². The minimum absolute atomic E-state index is 0.0556. The van der Waals surface area contributed by atoms with Gasteiger partial charge in [0.25, 0.3) is 5.91 Å². The second kappa shape index (κ2) is 7.82. The Kier molecular flexibility index (Phi) is 6.00. The van der Waals surface area contributed by atoms with E-state index in [9.17, 15) is 19.5 Å². The van der Waals surface area contributed by atoms with Crippen molar-refractivity contribution in [3.05, 3.63) is 33.7 Å². The van der Waals surface area contributed by atoms with Gasteiger partial charge in [-0.15, -0.1) is 0 Å². The molecule has 138 valence electrons. The van der Waals surface area contributed by atoms with Gasteiger partial charge in [-0.05, 0) is 31.2 Å². The van der Waals surface area contributed by atoms with E-state index in [1.807, 2.05) is 13.8 Å². The number of aliphatic carboxylic acids is 1. The van der Waals surface area contributed by atoms with Gasteiger partial charge in [0, 0.05) is 37.5 Å². The van der Waals surface area contributed by atoms with Crippen LogP contribution in [0.15, 0.2) is 16.9 Å². The predicted octanol–water partition coefficient (Wildman–Crippen LogP) is 1.53. The molecule has 7 nitrogen and oxygen atoms in total. The van der Waals surface area contributed by atoms with Crippen LogP contribution in [0.25, 0.3) is 0 Å². The average molecular weight is 350 g/mol. The molecule has 0 radical (unpaired) electrons. The zero-order chi connectivity index (χ0) is 18.6. The summed E-state index contributed by atoms with van der Waals surface area (Å²) >= 11 is 0. The number of piperidine rings is 1. The molecule has 1 aromatic rings. The molecule has 1 saturated heterocycles. The van der Waals surface area contributed by atoms with E-state index in [4.69, 9.17) is 4.74 Å². The number of nitrogens with one attached hydrogen (secondary N) is 1. The molecule has 25 heavy (non-hydrogen) atoms. The molecule has 2 N–H and O–H groups in total. The van der Waals surface area contributed by atoms with Crippen LogP contribution in [-0.4, -0.2) is 53.7 Å². The maximum Gasteiger partial charge on any atom is 0.313 e. The van der Waals surface area contributed by atoms with Crippen molar-refractivity contribution in [3.8, 4) is 0 Å². The van der Waals surface area contributed by atoms with Crippen molar-refractivity contribution in [2.75, 3.05) is 26.8 Å². The summed E-state index contributed by atoms with van der Waals surface area (Å²) in [6.45, 7) is 4.68. The predicted molar refractivity (Wildman–Crippen MR) is 92.7 cm³/mol. The number of hydrogen-bond acceptors (Lipinski definition) is 4. The van der Waals surface area contributed by atoms with E-state index in [1.165, 1.54) is 18.1 Å². The van der Waals surface area contributed by atoms with Crippen molar-refractivity contribution in [2.24, 2.45) is 11.3 Å². The molecule has 0 saturated carbocycles. The molecular weight excluding hydrogens is 324 g/mol. The highest BCUT2D eigenvalue weighted by molar-refractivity contribution is 5.94. The van der Waals surface area contributed by atoms with Crippen molar-refractivity contribution < 1.29 is 19.4 Å². The highest BCUT2D eigenvalue weighted by Crippen LogP contribution is 2.31. The third kappa shape index (κ3) is 4.48. The number of rotatable bonds is 6. The lowest BCUT2D eigenvalue weighted by molar-refractivity contribution is -0.155. The van der Waals surface area contributed by atoms with E-state index in [0.29, 0.717) is 43.0 Å². The van der Waals surface area contributed by atoms with Crippen LogP contribution in [0, 0.1) is 11.3 Å². The molecule has 1 aliphatic heterocycles. The Balaban J connectivity index is 2.26. The van der Waals surface area contributed by atoms with Crippen molar-refractivity contribution in [3.63, 3.8) is 0 Å². The number of amides is 1. The number of carboxylic acids is 1. The molecule has 1 unspecified atom stereocenters. The number of carbonyl (C=O) groups excluding carboxylic acids is 1. The summed E-state index contributed by atoms with van der Waals surface area (Å²) in [6.07, 6.45) is 1.72. The zero-order valence-electron chi connectivity index (χ0n) is 15.0. The molecule has 0 aliphatic carbocycles. The number of ether oxygens (including phenoxy) is 1. The summed E-state index contributed by atoms with van der Waals surface area (Å²) in [7, 11) is 1.46. The summed E-state index contributed by atoms with van der Waals surface area (Å²) < 4.78 is 5.09. The Morgan fingerprint density at radius 3 is 2.72 bits per heavy atom. The van der Waals surface area contributed by atoms with Crippen molar-refractivity contribution >= 4 is 11.9 Å². The van der Waals surface area contributed by atoms with E-state index in [0.717, 1.165) is 0 Å². The van der Waals surface area contributed by atoms with Crippen LogP contribution in [0.5, 0.6) is 0 Å². The number of aromatic amines is 1. The van der Waals surface area contributed by atoms with Crippen LogP contribution in [0.2, 0.25) is 0 Å². The van der Waals surface area contributed by atoms with Crippen LogP contribution in [0.1, 0.15) is 42.7 Å². The molecule has 1 aromatic heterocycles. The number of pyridine rings is 1. The first kappa shape index (κ1) is 19.2. The molecule has 0 aromatic carbocycles. The normalized spacial score (nSPS) is 20.7. The summed E-state index contributed by atoms with van der Waals surface area (Å²) in [5, 5.41) is 9.60. The molecule has 1 aliphatic rings. The first-order chi connectivity index (χ1) is 11.8. The number of aromatic nitrogens is 1. The van der Waals surface area contributed by atoms with Crippen molar-refractivity contribution in [2.45, 2.75) is 33.1 Å². The molecule has 0 bridgehead atoms. The SMILES string of the molecule is COCC1(C(=O)O)CCCN(C(=O)c2cc(CC(C)C)[nH]c(=O)c2)C1. The average Bonchev–Trinajstić information content (AvgIpc) is 2.53. The summed E-state index contributed by atoms with van der Waals surface area (Å²) in [5.41, 5.74) is -0.396. The highest BCUT2D eigenvalue weighted by Gasteiger charge is 2.44. The number of likely N-dealkylation sites (tertiary alicyclic amines) is 1. The number of hydrogen-bond donors (Lipinski definition) is 2. The number of carbonyl (C=O) groups is 2. The smallest absolute Gasteiger partial charge is 0.313 e. The fourth-order valence-electron chi connectivity index (χ4n) is 3.39. The van der Waals surface area contributed by atoms with Crippen molar-refractivity contribution in [1.29, 1.82) is 0 Å². The largest absolute Gasteiger partial charge is 0.481 e. The third-order valence-corrected chi connectivity index (χ3v) is 4.51. The summed E-state index contributed by atoms with van der Waals surface area (Å²) in [6, 6.07) is 2.97. The van der Waals surface area contributed by atoms with Gasteiger partial charge in [0.2, 0.25) is 5.56 Å². The van der Waals surface area contributed by atoms with Gasteiger partial charge >= 0.3 is 5.97 Å². The number of H-pyrrole nitrogens is 1. The molecule has 1 amide bonds. The minimum atomic E-state index is -1.09. The molecule has 0 spiro atoms. The quantitative estimate of drug-likeness (QED) is 0.810. The van der Waals surface area contributed by atoms with Crippen LogP contribution < -0.4 is 5.56 Å². The first-order valence-electron chi connectivity index (χ1n) is 8.52. The molecule has 1 fully saturated rings. The van der Waals surface area contributed by atoms with Gasteiger partial charge in [0.1, 0.15) is 5.41 Å². The van der Waals surface area contributed by atoms with E-state index in [-0.39, 0.29) is 24.6 Å². The van der Waals surface area contributed by atoms with Crippen LogP contribution in [0.3, 0.4) is 0 Å². The lowest BCUT2D eigenvalue weighted by Crippen LogP contribution is -2.52. The lowest BCUT2D eigenvalue weighted by Gasteiger charge is -2.39. The molecule has 2 heterocycles. The monoisotopic (exact) mass is 350 g/mol. The molecule has 2 rings (SSSR count). The Morgan fingerprint density at radius 1 is 1.40 bits per heavy atom. The Bertz CT molecular complexity index is 693. The Hall–Kier alpha value is -2.15. The second-order valence-electron chi connectivity index (χ2n) is 7.21. The molecule has 7 heteroatoms. The fraction of sp³-hybridized carbons (Fsp3) is 0.611. The van der Waals surface area contributed by atoms with Gasteiger partial charge in [-0.1, -0.05) is 13.8 Å². The number of carboxylic acid groups (broad SMARTS) is 1. The van der Waals surface area contributed by atoms with Gasteiger partial charge in [-0.2, -0.15) is 0 Å². The topological polar surface area (TPSA) is 99.7 Å². The number of methoxy groups -OCH3 is 1. The molecular formula is C18H26N2O5. The van der Waals surface area contributed by atoms with Gasteiger partial charge in [-0.3, -0.25) is 14.4 Å². The first-order valence-corrected chi connectivity index (χ1v) is 8.52. The summed E-state index contributed by atoms with van der Waals surface area (Å²) in [5.74, 6) is -0.923. The second-order valence-corrected chi connectivity index (χ2v) is 7.21. The van der Waals surface area contributed by atoms with Gasteiger partial charge in [0.05, 0.1) is 6.61 Å². The van der Waals surface area contributed by atoms with Crippen molar-refractivity contribution in [1.82, 2.24) is 9.88 Å². The fourth-order valence-corrected chi connectivity index (χ4v) is 3.39. The maximum absolute atomic E-state index is 12.8. The van der Waals surface area contributed by atoms with E-state index in [2.05, 4.69) is 4.98 Å². The third-order valence-electron chi connectivity index (χ3n) is 4.51. The van der Waals surface area contributed by atoms with E-state index < -0.39 is 11.4 Å². The van der Waals surface area contributed by atoms with Crippen LogP contribution >= 0.6 is 0 Å². The van der Waals surface area contributed by atoms with Crippen LogP contribution in [0.4, 0.5) is 0 Å². The minimum Gasteiger partial charge on any atom is -0.481 e. The van der Waals surface area contributed by atoms with Gasteiger partial charge < -0.3 is 19.7 Å². The highest BCUT2D eigenvalue weighted by atomic mass is 16.5. The van der Waals surface area contributed by atoms with Gasteiger partial charge in [-0.25, -0.2) is 0 Å². The lowest BCUT2D eigenvalue weighted by atomic mass is 9.80. The Morgan fingerprint density at radius 2 is 2.12 bits per heavy atom. The zero-order valence-corrected chi connectivity index (χ0v) is 15.0. The Labute approximate surface area is 147 Å². The van der Waals surface area contributed by atoms with E-state index >= 15 is 0 Å².